The fourth-order valence-electron chi connectivity index (χ4n) is 3.61. The topological polar surface area (TPSA) is 92.3 Å². The summed E-state index contributed by atoms with van der Waals surface area (Å²) in [5.74, 6) is -0.108. The van der Waals surface area contributed by atoms with Crippen LogP contribution in [0.1, 0.15) is 43.0 Å². The van der Waals surface area contributed by atoms with Crippen LogP contribution in [0.4, 0.5) is 13.2 Å². The lowest BCUT2D eigenvalue weighted by Gasteiger charge is -2.14. The second kappa shape index (κ2) is 10.9. The first kappa shape index (κ1) is 25.9. The molecule has 0 spiro atoms. The second-order valence-electron chi connectivity index (χ2n) is 8.51. The SMILES string of the molecule is CCC(=O)OCC(C)c1cccc(Cn2nc(-c3nc(-c4ccc(OC(F)(F)F)cc4)no3)cc2C)c1. The van der Waals surface area contributed by atoms with Gasteiger partial charge in [0.05, 0.1) is 13.2 Å². The van der Waals surface area contributed by atoms with Crippen molar-refractivity contribution in [3.05, 3.63) is 71.4 Å². The quantitative estimate of drug-likeness (QED) is 0.256. The summed E-state index contributed by atoms with van der Waals surface area (Å²) in [5.41, 5.74) is 3.90. The molecule has 2 aromatic carbocycles. The van der Waals surface area contributed by atoms with E-state index in [0.29, 0.717) is 30.8 Å². The minimum atomic E-state index is -4.76. The highest BCUT2D eigenvalue weighted by atomic mass is 19.4. The number of benzene rings is 2. The molecule has 2 aromatic heterocycles. The maximum Gasteiger partial charge on any atom is 0.573 e. The molecule has 2 heterocycles. The van der Waals surface area contributed by atoms with Crippen LogP contribution in [-0.4, -0.2) is 38.9 Å². The van der Waals surface area contributed by atoms with E-state index in [9.17, 15) is 18.0 Å². The fourth-order valence-corrected chi connectivity index (χ4v) is 3.61. The molecule has 0 amide bonds. The van der Waals surface area contributed by atoms with Gasteiger partial charge in [-0.1, -0.05) is 43.3 Å². The normalized spacial score (nSPS) is 12.4. The summed E-state index contributed by atoms with van der Waals surface area (Å²) in [5, 5.41) is 8.51. The molecule has 0 bridgehead atoms. The van der Waals surface area contributed by atoms with E-state index >= 15 is 0 Å². The number of hydrogen-bond donors (Lipinski definition) is 0. The third kappa shape index (κ3) is 6.75. The zero-order valence-electron chi connectivity index (χ0n) is 20.5. The molecule has 0 aliphatic heterocycles. The van der Waals surface area contributed by atoms with E-state index < -0.39 is 6.36 Å². The molecule has 0 saturated heterocycles. The highest BCUT2D eigenvalue weighted by molar-refractivity contribution is 5.68. The van der Waals surface area contributed by atoms with Crippen molar-refractivity contribution in [3.8, 4) is 28.7 Å². The molecule has 0 radical (unpaired) electrons. The Morgan fingerprint density at radius 1 is 1.14 bits per heavy atom. The van der Waals surface area contributed by atoms with Crippen molar-refractivity contribution in [1.82, 2.24) is 19.9 Å². The summed E-state index contributed by atoms with van der Waals surface area (Å²) in [7, 11) is 0. The maximum absolute atomic E-state index is 12.4. The number of hydrogen-bond acceptors (Lipinski definition) is 7. The summed E-state index contributed by atoms with van der Waals surface area (Å²) < 4.78 is 53.4. The minimum absolute atomic E-state index is 0.0515. The number of nitrogens with zero attached hydrogens (tertiary/aromatic N) is 4. The molecule has 194 valence electrons. The highest BCUT2D eigenvalue weighted by Crippen LogP contribution is 2.27. The van der Waals surface area contributed by atoms with E-state index in [1.807, 2.05) is 42.8 Å². The van der Waals surface area contributed by atoms with Gasteiger partial charge in [0.1, 0.15) is 5.75 Å². The number of halogens is 3. The average molecular weight is 515 g/mol. The molecule has 0 N–H and O–H groups in total. The monoisotopic (exact) mass is 514 g/mol. The Morgan fingerprint density at radius 2 is 1.89 bits per heavy atom. The number of rotatable bonds is 9. The second-order valence-corrected chi connectivity index (χ2v) is 8.51. The van der Waals surface area contributed by atoms with Gasteiger partial charge in [-0.05, 0) is 48.4 Å². The zero-order chi connectivity index (χ0) is 26.6. The number of esters is 1. The predicted molar refractivity (Wildman–Crippen MR) is 128 cm³/mol. The molecular formula is C26H25F3N4O4. The van der Waals surface area contributed by atoms with Crippen LogP contribution in [0, 0.1) is 6.92 Å². The molecule has 1 atom stereocenters. The summed E-state index contributed by atoms with van der Waals surface area (Å²) >= 11 is 0. The summed E-state index contributed by atoms with van der Waals surface area (Å²) in [4.78, 5) is 15.8. The summed E-state index contributed by atoms with van der Waals surface area (Å²) in [6.07, 6.45) is -4.42. The third-order valence-corrected chi connectivity index (χ3v) is 5.61. The van der Waals surface area contributed by atoms with Crippen molar-refractivity contribution in [1.29, 1.82) is 0 Å². The maximum atomic E-state index is 12.4. The molecule has 4 aromatic rings. The van der Waals surface area contributed by atoms with Crippen LogP contribution in [0.3, 0.4) is 0 Å². The van der Waals surface area contributed by atoms with Crippen LogP contribution in [-0.2, 0) is 16.1 Å². The van der Waals surface area contributed by atoms with Crippen molar-refractivity contribution in [3.63, 3.8) is 0 Å². The number of carbonyl (C=O) groups excluding carboxylic acids is 1. The molecule has 0 aliphatic rings. The largest absolute Gasteiger partial charge is 0.573 e. The minimum Gasteiger partial charge on any atom is -0.465 e. The fraction of sp³-hybridized carbons (Fsp3) is 0.308. The Kier molecular flexibility index (Phi) is 7.61. The van der Waals surface area contributed by atoms with E-state index in [-0.39, 0.29) is 29.4 Å². The number of carbonyl (C=O) groups is 1. The first-order valence-corrected chi connectivity index (χ1v) is 11.6. The smallest absolute Gasteiger partial charge is 0.465 e. The van der Waals surface area contributed by atoms with Crippen molar-refractivity contribution in [2.24, 2.45) is 0 Å². The zero-order valence-corrected chi connectivity index (χ0v) is 20.5. The Balaban J connectivity index is 1.45. The lowest BCUT2D eigenvalue weighted by molar-refractivity contribution is -0.274. The lowest BCUT2D eigenvalue weighted by Crippen LogP contribution is -2.16. The molecular weight excluding hydrogens is 489 g/mol. The van der Waals surface area contributed by atoms with Crippen LogP contribution < -0.4 is 4.74 Å². The number of alkyl halides is 3. The molecule has 0 saturated carbocycles. The lowest BCUT2D eigenvalue weighted by atomic mass is 10.00. The van der Waals surface area contributed by atoms with Gasteiger partial charge in [-0.2, -0.15) is 10.1 Å². The molecule has 4 rings (SSSR count). The van der Waals surface area contributed by atoms with Gasteiger partial charge in [-0.25, -0.2) is 0 Å². The molecule has 0 aliphatic carbocycles. The van der Waals surface area contributed by atoms with Crippen LogP contribution in [0.15, 0.2) is 59.1 Å². The van der Waals surface area contributed by atoms with Crippen molar-refractivity contribution in [2.75, 3.05) is 6.61 Å². The average Bonchev–Trinajstić information content (AvgIpc) is 3.49. The summed E-state index contributed by atoms with van der Waals surface area (Å²) in [6.45, 7) is 6.49. The van der Waals surface area contributed by atoms with Crippen LogP contribution >= 0.6 is 0 Å². The number of aromatic nitrogens is 4. The van der Waals surface area contributed by atoms with Gasteiger partial charge >= 0.3 is 12.3 Å². The van der Waals surface area contributed by atoms with Crippen molar-refractivity contribution in [2.45, 2.75) is 46.0 Å². The van der Waals surface area contributed by atoms with Gasteiger partial charge in [-0.15, -0.1) is 13.2 Å². The van der Waals surface area contributed by atoms with Gasteiger partial charge < -0.3 is 14.0 Å². The van der Waals surface area contributed by atoms with Gasteiger partial charge in [0.25, 0.3) is 5.89 Å². The van der Waals surface area contributed by atoms with E-state index in [4.69, 9.17) is 9.26 Å². The molecule has 8 nitrogen and oxygen atoms in total. The Bertz CT molecular complexity index is 1360. The van der Waals surface area contributed by atoms with Crippen LogP contribution in [0.5, 0.6) is 5.75 Å². The first-order chi connectivity index (χ1) is 17.6. The van der Waals surface area contributed by atoms with E-state index in [2.05, 4.69) is 26.0 Å². The van der Waals surface area contributed by atoms with Gasteiger partial charge in [0.15, 0.2) is 5.69 Å². The van der Waals surface area contributed by atoms with Gasteiger partial charge in [0.2, 0.25) is 5.82 Å². The predicted octanol–water partition coefficient (Wildman–Crippen LogP) is 5.91. The standard InChI is InChI=1S/C26H25F3N4O4/c1-4-23(34)35-15-16(2)20-7-5-6-18(13-20)14-33-17(3)12-22(31-33)25-30-24(32-37-25)19-8-10-21(11-9-19)36-26(27,28)29/h5-13,16H,4,14-15H2,1-3H3. The van der Waals surface area contributed by atoms with Crippen LogP contribution in [0.2, 0.25) is 0 Å². The Morgan fingerprint density at radius 3 is 2.59 bits per heavy atom. The number of ether oxygens (including phenoxy) is 2. The van der Waals surface area contributed by atoms with E-state index in [1.54, 1.807) is 6.92 Å². The van der Waals surface area contributed by atoms with Crippen molar-refractivity contribution < 1.29 is 32.0 Å². The Labute approximate surface area is 211 Å². The van der Waals surface area contributed by atoms with E-state index in [0.717, 1.165) is 16.8 Å². The first-order valence-electron chi connectivity index (χ1n) is 11.6. The highest BCUT2D eigenvalue weighted by Gasteiger charge is 2.31. The molecule has 0 fully saturated rings. The van der Waals surface area contributed by atoms with Crippen LogP contribution in [0.25, 0.3) is 23.0 Å². The molecule has 1 unspecified atom stereocenters. The number of aryl methyl sites for hydroxylation is 1. The van der Waals surface area contributed by atoms with Gasteiger partial charge in [-0.3, -0.25) is 9.48 Å². The molecule has 37 heavy (non-hydrogen) atoms. The Hall–Kier alpha value is -4.15. The van der Waals surface area contributed by atoms with Crippen molar-refractivity contribution >= 4 is 5.97 Å². The summed E-state index contributed by atoms with van der Waals surface area (Å²) in [6, 6.07) is 15.0. The molecule has 11 heteroatoms. The third-order valence-electron chi connectivity index (χ3n) is 5.61. The van der Waals surface area contributed by atoms with Gasteiger partial charge in [0, 0.05) is 23.6 Å². The van der Waals surface area contributed by atoms with E-state index in [1.165, 1.54) is 24.3 Å².